The van der Waals surface area contributed by atoms with Crippen molar-refractivity contribution >= 4 is 0 Å². The summed E-state index contributed by atoms with van der Waals surface area (Å²) in [5, 5.41) is 0. The van der Waals surface area contributed by atoms with Crippen LogP contribution < -0.4 is 5.73 Å². The van der Waals surface area contributed by atoms with Gasteiger partial charge in [0, 0.05) is 12.1 Å². The highest BCUT2D eigenvalue weighted by Gasteiger charge is 2.45. The van der Waals surface area contributed by atoms with Crippen molar-refractivity contribution in [2.45, 2.75) is 71.3 Å². The summed E-state index contributed by atoms with van der Waals surface area (Å²) in [6.45, 7) is 10.7. The van der Waals surface area contributed by atoms with E-state index in [1.54, 1.807) is 0 Å². The van der Waals surface area contributed by atoms with Crippen LogP contribution in [-0.4, -0.2) is 30.1 Å². The summed E-state index contributed by atoms with van der Waals surface area (Å²) in [6, 6.07) is 0. The maximum Gasteiger partial charge on any atom is 0.0339 e. The molecule has 1 heterocycles. The van der Waals surface area contributed by atoms with E-state index in [0.29, 0.717) is 11.0 Å². The van der Waals surface area contributed by atoms with Gasteiger partial charge in [-0.1, -0.05) is 33.6 Å². The van der Waals surface area contributed by atoms with Crippen molar-refractivity contribution in [3.05, 3.63) is 0 Å². The molecule has 2 nitrogen and oxygen atoms in total. The summed E-state index contributed by atoms with van der Waals surface area (Å²) >= 11 is 0. The zero-order valence-corrected chi connectivity index (χ0v) is 12.7. The van der Waals surface area contributed by atoms with Crippen molar-refractivity contribution < 1.29 is 0 Å². The van der Waals surface area contributed by atoms with Gasteiger partial charge in [-0.05, 0) is 56.5 Å². The van der Waals surface area contributed by atoms with E-state index in [2.05, 4.69) is 25.7 Å². The minimum absolute atomic E-state index is 0.297. The number of rotatable bonds is 2. The number of nitrogens with two attached hydrogens (primary N) is 1. The van der Waals surface area contributed by atoms with Crippen LogP contribution in [0, 0.1) is 11.3 Å². The lowest BCUT2D eigenvalue weighted by Crippen LogP contribution is -2.59. The van der Waals surface area contributed by atoms with Gasteiger partial charge in [-0.15, -0.1) is 0 Å². The molecule has 2 rings (SSSR count). The second-order valence-electron chi connectivity index (χ2n) is 7.68. The van der Waals surface area contributed by atoms with Gasteiger partial charge >= 0.3 is 0 Å². The zero-order chi connectivity index (χ0) is 13.2. The van der Waals surface area contributed by atoms with Crippen LogP contribution in [0.25, 0.3) is 0 Å². The number of hydrogen-bond acceptors (Lipinski definition) is 2. The van der Waals surface area contributed by atoms with Gasteiger partial charge in [0.25, 0.3) is 0 Å². The molecule has 1 aliphatic carbocycles. The van der Waals surface area contributed by atoms with Crippen LogP contribution in [0.1, 0.15) is 65.7 Å². The van der Waals surface area contributed by atoms with E-state index in [-0.39, 0.29) is 0 Å². The normalized spacial score (nSPS) is 38.3. The van der Waals surface area contributed by atoms with Crippen LogP contribution in [0.15, 0.2) is 0 Å². The number of likely N-dealkylation sites (tertiary alicyclic amines) is 1. The minimum Gasteiger partial charge on any atom is -0.329 e. The Morgan fingerprint density at radius 3 is 2.17 bits per heavy atom. The Morgan fingerprint density at radius 2 is 1.67 bits per heavy atom. The molecule has 1 saturated heterocycles. The summed E-state index contributed by atoms with van der Waals surface area (Å²) in [7, 11) is 0. The molecule has 2 atom stereocenters. The molecule has 0 aromatic carbocycles. The highest BCUT2D eigenvalue weighted by molar-refractivity contribution is 5.01. The van der Waals surface area contributed by atoms with Crippen LogP contribution in [0.5, 0.6) is 0 Å². The Hall–Kier alpha value is -0.0800. The molecule has 2 heteroatoms. The minimum atomic E-state index is 0.297. The monoisotopic (exact) mass is 252 g/mol. The lowest BCUT2D eigenvalue weighted by molar-refractivity contribution is -0.00992. The van der Waals surface area contributed by atoms with E-state index in [4.69, 9.17) is 5.73 Å². The van der Waals surface area contributed by atoms with Gasteiger partial charge in [-0.3, -0.25) is 4.90 Å². The van der Waals surface area contributed by atoms with Gasteiger partial charge in [0.15, 0.2) is 0 Å². The molecular formula is C16H32N2. The van der Waals surface area contributed by atoms with Crippen molar-refractivity contribution in [1.82, 2.24) is 4.90 Å². The summed E-state index contributed by atoms with van der Waals surface area (Å²) < 4.78 is 0. The fourth-order valence-electron chi connectivity index (χ4n) is 4.77. The van der Waals surface area contributed by atoms with E-state index in [1.165, 1.54) is 58.0 Å². The van der Waals surface area contributed by atoms with Crippen molar-refractivity contribution in [3.63, 3.8) is 0 Å². The number of hydrogen-bond donors (Lipinski definition) is 1. The highest BCUT2D eigenvalue weighted by Crippen LogP contribution is 2.46. The van der Waals surface area contributed by atoms with Crippen LogP contribution in [-0.2, 0) is 0 Å². The van der Waals surface area contributed by atoms with Gasteiger partial charge in [0.2, 0.25) is 0 Å². The highest BCUT2D eigenvalue weighted by atomic mass is 15.2. The van der Waals surface area contributed by atoms with Crippen molar-refractivity contribution in [2.24, 2.45) is 17.1 Å². The van der Waals surface area contributed by atoms with E-state index < -0.39 is 0 Å². The first-order chi connectivity index (χ1) is 8.47. The average Bonchev–Trinajstić information content (AvgIpc) is 2.54. The van der Waals surface area contributed by atoms with Gasteiger partial charge in [-0.2, -0.15) is 0 Å². The molecule has 2 aliphatic rings. The lowest BCUT2D eigenvalue weighted by Gasteiger charge is -2.53. The largest absolute Gasteiger partial charge is 0.329 e. The van der Waals surface area contributed by atoms with Crippen molar-refractivity contribution in [2.75, 3.05) is 19.6 Å². The first-order valence-corrected chi connectivity index (χ1v) is 7.93. The van der Waals surface area contributed by atoms with Gasteiger partial charge < -0.3 is 5.73 Å². The molecule has 1 saturated carbocycles. The Balaban J connectivity index is 2.17. The standard InChI is InChI=1S/C16H32N2/c1-14-10-15(2,3)12-16(11-14,13-17)18-8-6-4-5-7-9-18/h14H,4-13,17H2,1-3H3. The van der Waals surface area contributed by atoms with Crippen LogP contribution in [0.4, 0.5) is 0 Å². The Labute approximate surface area is 113 Å². The quantitative estimate of drug-likeness (QED) is 0.816. The maximum absolute atomic E-state index is 6.26. The first kappa shape index (κ1) is 14.3. The molecule has 0 aromatic heterocycles. The smallest absolute Gasteiger partial charge is 0.0339 e. The molecule has 2 unspecified atom stereocenters. The Kier molecular flexibility index (Phi) is 4.38. The molecular weight excluding hydrogens is 220 g/mol. The SMILES string of the molecule is CC1CC(C)(C)CC(CN)(N2CCCCCC2)C1. The molecule has 106 valence electrons. The number of nitrogens with zero attached hydrogens (tertiary/aromatic N) is 1. The first-order valence-electron chi connectivity index (χ1n) is 7.93. The second kappa shape index (κ2) is 5.50. The fraction of sp³-hybridized carbons (Fsp3) is 1.00. The lowest BCUT2D eigenvalue weighted by atomic mass is 9.63. The van der Waals surface area contributed by atoms with Crippen molar-refractivity contribution in [3.8, 4) is 0 Å². The van der Waals surface area contributed by atoms with Gasteiger partial charge in [-0.25, -0.2) is 0 Å². The zero-order valence-electron chi connectivity index (χ0n) is 12.7. The molecule has 0 spiro atoms. The summed E-state index contributed by atoms with van der Waals surface area (Å²) in [6.07, 6.45) is 9.54. The second-order valence-corrected chi connectivity index (χ2v) is 7.68. The maximum atomic E-state index is 6.26. The Morgan fingerprint density at radius 1 is 1.06 bits per heavy atom. The van der Waals surface area contributed by atoms with Crippen LogP contribution >= 0.6 is 0 Å². The summed E-state index contributed by atoms with van der Waals surface area (Å²) in [5.74, 6) is 0.820. The van der Waals surface area contributed by atoms with Gasteiger partial charge in [0.05, 0.1) is 0 Å². The fourth-order valence-corrected chi connectivity index (χ4v) is 4.77. The predicted molar refractivity (Wildman–Crippen MR) is 78.6 cm³/mol. The third-order valence-corrected chi connectivity index (χ3v) is 5.09. The van der Waals surface area contributed by atoms with E-state index in [0.717, 1.165) is 12.5 Å². The molecule has 2 N–H and O–H groups in total. The summed E-state index contributed by atoms with van der Waals surface area (Å²) in [5.41, 5.74) is 7.02. The van der Waals surface area contributed by atoms with E-state index in [9.17, 15) is 0 Å². The third-order valence-electron chi connectivity index (χ3n) is 5.09. The topological polar surface area (TPSA) is 29.3 Å². The molecule has 0 radical (unpaired) electrons. The van der Waals surface area contributed by atoms with E-state index >= 15 is 0 Å². The third kappa shape index (κ3) is 3.08. The van der Waals surface area contributed by atoms with Crippen LogP contribution in [0.2, 0.25) is 0 Å². The average molecular weight is 252 g/mol. The molecule has 0 amide bonds. The van der Waals surface area contributed by atoms with Crippen LogP contribution in [0.3, 0.4) is 0 Å². The molecule has 2 fully saturated rings. The Bertz CT molecular complexity index is 266. The van der Waals surface area contributed by atoms with E-state index in [1.807, 2.05) is 0 Å². The van der Waals surface area contributed by atoms with Gasteiger partial charge in [0.1, 0.15) is 0 Å². The predicted octanol–water partition coefficient (Wildman–Crippen LogP) is 3.41. The molecule has 18 heavy (non-hydrogen) atoms. The molecule has 0 aromatic rings. The molecule has 0 bridgehead atoms. The molecule has 1 aliphatic heterocycles. The van der Waals surface area contributed by atoms with Crippen molar-refractivity contribution in [1.29, 1.82) is 0 Å². The summed E-state index contributed by atoms with van der Waals surface area (Å²) in [4.78, 5) is 2.76.